The molecule has 1 heterocycles. The van der Waals surface area contributed by atoms with Crippen molar-refractivity contribution in [1.82, 2.24) is 4.98 Å². The number of para-hydroxylation sites is 1. The fraction of sp³-hybridized carbons (Fsp3) is 0.250. The molecule has 102 valence electrons. The summed E-state index contributed by atoms with van der Waals surface area (Å²) < 4.78 is 0. The summed E-state index contributed by atoms with van der Waals surface area (Å²) in [6, 6.07) is 13.5. The second-order valence-corrected chi connectivity index (χ2v) is 5.67. The zero-order valence-electron chi connectivity index (χ0n) is 11.9. The maximum atomic E-state index is 8.97. The molecule has 0 amide bonds. The Morgan fingerprint density at radius 3 is 2.50 bits per heavy atom. The zero-order chi connectivity index (χ0) is 14.8. The van der Waals surface area contributed by atoms with Crippen LogP contribution in [0.3, 0.4) is 0 Å². The molecule has 0 aliphatic carbocycles. The molecule has 1 aromatic carbocycles. The first-order valence-electron chi connectivity index (χ1n) is 6.45. The molecule has 0 spiro atoms. The Morgan fingerprint density at radius 1 is 1.15 bits per heavy atom. The molecule has 0 saturated carbocycles. The number of anilines is 3. The van der Waals surface area contributed by atoms with Crippen molar-refractivity contribution in [1.29, 1.82) is 5.26 Å². The summed E-state index contributed by atoms with van der Waals surface area (Å²) in [6.45, 7) is 6.47. The van der Waals surface area contributed by atoms with E-state index in [1.807, 2.05) is 24.3 Å². The topological polar surface area (TPSA) is 74.7 Å². The maximum Gasteiger partial charge on any atom is 0.165 e. The maximum absolute atomic E-state index is 8.97. The minimum atomic E-state index is 0.0233. The van der Waals surface area contributed by atoms with Gasteiger partial charge in [0, 0.05) is 5.69 Å². The van der Waals surface area contributed by atoms with Crippen LogP contribution in [0, 0.1) is 11.3 Å². The quantitative estimate of drug-likeness (QED) is 0.871. The SMILES string of the molecule is CC(C)(C)c1ccccc1Nc1ccc(N)c(C#N)n1. The van der Waals surface area contributed by atoms with Gasteiger partial charge in [-0.05, 0) is 29.2 Å². The van der Waals surface area contributed by atoms with Crippen LogP contribution in [0.2, 0.25) is 0 Å². The predicted octanol–water partition coefficient (Wildman–Crippen LogP) is 3.58. The fourth-order valence-electron chi connectivity index (χ4n) is 2.01. The summed E-state index contributed by atoms with van der Waals surface area (Å²) in [7, 11) is 0. The molecular formula is C16H18N4. The number of pyridine rings is 1. The number of aromatic nitrogens is 1. The van der Waals surface area contributed by atoms with Crippen LogP contribution in [0.15, 0.2) is 36.4 Å². The lowest BCUT2D eigenvalue weighted by molar-refractivity contribution is 0.592. The summed E-state index contributed by atoms with van der Waals surface area (Å²) in [5, 5.41) is 12.2. The molecule has 0 aliphatic heterocycles. The van der Waals surface area contributed by atoms with E-state index in [0.29, 0.717) is 11.5 Å². The molecule has 4 nitrogen and oxygen atoms in total. The fourth-order valence-corrected chi connectivity index (χ4v) is 2.01. The van der Waals surface area contributed by atoms with Crippen LogP contribution in [0.5, 0.6) is 0 Å². The number of hydrogen-bond donors (Lipinski definition) is 2. The van der Waals surface area contributed by atoms with Gasteiger partial charge in [-0.25, -0.2) is 4.98 Å². The molecule has 0 radical (unpaired) electrons. The molecule has 4 heteroatoms. The van der Waals surface area contributed by atoms with Crippen LogP contribution < -0.4 is 11.1 Å². The van der Waals surface area contributed by atoms with Gasteiger partial charge in [0.25, 0.3) is 0 Å². The van der Waals surface area contributed by atoms with Gasteiger partial charge >= 0.3 is 0 Å². The van der Waals surface area contributed by atoms with Crippen LogP contribution in [-0.2, 0) is 5.41 Å². The van der Waals surface area contributed by atoms with Crippen LogP contribution in [0.1, 0.15) is 32.0 Å². The Labute approximate surface area is 119 Å². The third-order valence-electron chi connectivity index (χ3n) is 3.03. The minimum absolute atomic E-state index is 0.0233. The first kappa shape index (κ1) is 13.9. The highest BCUT2D eigenvalue weighted by Crippen LogP contribution is 2.31. The molecule has 0 aliphatic rings. The van der Waals surface area contributed by atoms with Crippen molar-refractivity contribution in [3.8, 4) is 6.07 Å². The van der Waals surface area contributed by atoms with Gasteiger partial charge < -0.3 is 11.1 Å². The van der Waals surface area contributed by atoms with Gasteiger partial charge in [-0.2, -0.15) is 5.26 Å². The standard InChI is InChI=1S/C16H18N4/c1-16(2,3)11-6-4-5-7-13(11)19-15-9-8-12(18)14(10-17)20-15/h4-9H,18H2,1-3H3,(H,19,20). The van der Waals surface area contributed by atoms with E-state index in [1.165, 1.54) is 5.56 Å². The first-order chi connectivity index (χ1) is 9.41. The molecule has 0 atom stereocenters. The summed E-state index contributed by atoms with van der Waals surface area (Å²) in [4.78, 5) is 4.21. The Hall–Kier alpha value is -2.54. The smallest absolute Gasteiger partial charge is 0.165 e. The second-order valence-electron chi connectivity index (χ2n) is 5.67. The van der Waals surface area contributed by atoms with E-state index in [4.69, 9.17) is 11.0 Å². The number of nitrogens with zero attached hydrogens (tertiary/aromatic N) is 2. The largest absolute Gasteiger partial charge is 0.396 e. The molecule has 2 aromatic rings. The van der Waals surface area contributed by atoms with Gasteiger partial charge in [-0.1, -0.05) is 39.0 Å². The number of nitrogens with two attached hydrogens (primary N) is 1. The van der Waals surface area contributed by atoms with Crippen LogP contribution in [-0.4, -0.2) is 4.98 Å². The highest BCUT2D eigenvalue weighted by Gasteiger charge is 2.17. The molecule has 2 rings (SSSR count). The molecule has 0 unspecified atom stereocenters. The van der Waals surface area contributed by atoms with Gasteiger partial charge in [0.1, 0.15) is 11.9 Å². The molecule has 0 bridgehead atoms. The van der Waals surface area contributed by atoms with Gasteiger partial charge in [0.05, 0.1) is 5.69 Å². The van der Waals surface area contributed by atoms with E-state index < -0.39 is 0 Å². The van der Waals surface area contributed by atoms with Crippen molar-refractivity contribution in [3.05, 3.63) is 47.7 Å². The third-order valence-corrected chi connectivity index (χ3v) is 3.03. The number of nitrogen functional groups attached to an aromatic ring is 1. The lowest BCUT2D eigenvalue weighted by atomic mass is 9.86. The van der Waals surface area contributed by atoms with Crippen molar-refractivity contribution >= 4 is 17.2 Å². The number of rotatable bonds is 2. The number of hydrogen-bond acceptors (Lipinski definition) is 4. The number of benzene rings is 1. The zero-order valence-corrected chi connectivity index (χ0v) is 11.9. The van der Waals surface area contributed by atoms with Gasteiger partial charge in [0.15, 0.2) is 5.69 Å². The van der Waals surface area contributed by atoms with E-state index in [0.717, 1.165) is 5.69 Å². The summed E-state index contributed by atoms with van der Waals surface area (Å²) in [5.74, 6) is 0.618. The summed E-state index contributed by atoms with van der Waals surface area (Å²) in [5.41, 5.74) is 8.51. The predicted molar refractivity (Wildman–Crippen MR) is 81.8 cm³/mol. The Bertz CT molecular complexity index is 663. The van der Waals surface area contributed by atoms with Crippen molar-refractivity contribution in [2.45, 2.75) is 26.2 Å². The third kappa shape index (κ3) is 2.89. The van der Waals surface area contributed by atoms with Crippen LogP contribution in [0.25, 0.3) is 0 Å². The Kier molecular flexibility index (Phi) is 3.62. The van der Waals surface area contributed by atoms with Crippen molar-refractivity contribution in [2.24, 2.45) is 0 Å². The molecule has 1 aromatic heterocycles. The van der Waals surface area contributed by atoms with E-state index in [-0.39, 0.29) is 11.1 Å². The highest BCUT2D eigenvalue weighted by molar-refractivity contribution is 5.64. The lowest BCUT2D eigenvalue weighted by Gasteiger charge is -2.23. The number of nitrogens with one attached hydrogen (secondary N) is 1. The van der Waals surface area contributed by atoms with E-state index >= 15 is 0 Å². The van der Waals surface area contributed by atoms with Gasteiger partial charge in [0.2, 0.25) is 0 Å². The van der Waals surface area contributed by atoms with Crippen molar-refractivity contribution in [2.75, 3.05) is 11.1 Å². The molecule has 20 heavy (non-hydrogen) atoms. The molecular weight excluding hydrogens is 248 g/mol. The minimum Gasteiger partial charge on any atom is -0.396 e. The van der Waals surface area contributed by atoms with Gasteiger partial charge in [-0.3, -0.25) is 0 Å². The lowest BCUT2D eigenvalue weighted by Crippen LogP contribution is -2.13. The Morgan fingerprint density at radius 2 is 1.85 bits per heavy atom. The average molecular weight is 266 g/mol. The van der Waals surface area contributed by atoms with Crippen LogP contribution in [0.4, 0.5) is 17.2 Å². The average Bonchev–Trinajstić information content (AvgIpc) is 2.40. The van der Waals surface area contributed by atoms with Crippen molar-refractivity contribution in [3.63, 3.8) is 0 Å². The summed E-state index contributed by atoms with van der Waals surface area (Å²) in [6.07, 6.45) is 0. The second kappa shape index (κ2) is 5.22. The number of nitriles is 1. The normalized spacial score (nSPS) is 10.9. The molecule has 0 saturated heterocycles. The van der Waals surface area contributed by atoms with E-state index in [1.54, 1.807) is 12.1 Å². The van der Waals surface area contributed by atoms with E-state index in [9.17, 15) is 0 Å². The monoisotopic (exact) mass is 266 g/mol. The molecule has 0 fully saturated rings. The van der Waals surface area contributed by atoms with Gasteiger partial charge in [-0.15, -0.1) is 0 Å². The first-order valence-corrected chi connectivity index (χ1v) is 6.45. The summed E-state index contributed by atoms with van der Waals surface area (Å²) >= 11 is 0. The molecule has 3 N–H and O–H groups in total. The highest BCUT2D eigenvalue weighted by atomic mass is 15.0. The van der Waals surface area contributed by atoms with Crippen molar-refractivity contribution < 1.29 is 0 Å². The Balaban J connectivity index is 2.39. The van der Waals surface area contributed by atoms with E-state index in [2.05, 4.69) is 37.1 Å². The van der Waals surface area contributed by atoms with Crippen LogP contribution >= 0.6 is 0 Å².